The average molecular weight is 806 g/mol. The molecule has 10 nitrogen and oxygen atoms in total. The minimum atomic E-state index is -0.899. The molecule has 59 heavy (non-hydrogen) atoms. The number of esters is 1. The van der Waals surface area contributed by atoms with E-state index in [0.717, 1.165) is 61.7 Å². The van der Waals surface area contributed by atoms with E-state index in [1.54, 1.807) is 18.2 Å². The van der Waals surface area contributed by atoms with Crippen molar-refractivity contribution in [2.45, 2.75) is 136 Å². The largest absolute Gasteiger partial charge is 0.481 e. The third-order valence-corrected chi connectivity index (χ3v) is 12.4. The second kappa shape index (κ2) is 22.8. The summed E-state index contributed by atoms with van der Waals surface area (Å²) in [5, 5.41) is 29.9. The lowest BCUT2D eigenvalue weighted by Gasteiger charge is -2.40. The summed E-state index contributed by atoms with van der Waals surface area (Å²) in [4.78, 5) is 43.3. The molecule has 1 saturated heterocycles. The number of nitrogens with zero attached hydrogens (tertiary/aromatic N) is 3. The van der Waals surface area contributed by atoms with E-state index < -0.39 is 17.4 Å². The fourth-order valence-electron chi connectivity index (χ4n) is 9.40. The maximum atomic E-state index is 14.0. The lowest BCUT2D eigenvalue weighted by atomic mass is 9.63. The molecule has 0 bridgehead atoms. The average Bonchev–Trinajstić information content (AvgIpc) is 3.71. The van der Waals surface area contributed by atoms with Crippen molar-refractivity contribution < 1.29 is 33.9 Å². The van der Waals surface area contributed by atoms with Crippen molar-refractivity contribution in [1.82, 2.24) is 9.88 Å². The van der Waals surface area contributed by atoms with Crippen LogP contribution in [0.15, 0.2) is 89.7 Å². The number of carboxylic acids is 2. The van der Waals surface area contributed by atoms with Crippen LogP contribution in [0.2, 0.25) is 0 Å². The van der Waals surface area contributed by atoms with Gasteiger partial charge in [-0.25, -0.2) is 9.55 Å². The highest BCUT2D eigenvalue weighted by Crippen LogP contribution is 2.59. The number of imidazole rings is 1. The number of nitriles is 1. The number of aliphatic carboxylic acids is 2. The number of carboxylic acid groups (broad SMARTS) is 2. The number of ether oxygens (including phenoxy) is 1. The molecule has 3 aliphatic rings. The Morgan fingerprint density at radius 1 is 0.983 bits per heavy atom. The van der Waals surface area contributed by atoms with Gasteiger partial charge in [-0.1, -0.05) is 127 Å². The van der Waals surface area contributed by atoms with Crippen molar-refractivity contribution >= 4 is 35.0 Å². The second-order valence-electron chi connectivity index (χ2n) is 16.4. The van der Waals surface area contributed by atoms with Crippen molar-refractivity contribution in [3.63, 3.8) is 0 Å². The number of hydrogen-bond donors (Lipinski definition) is 3. The number of carbonyl (C=O) groups is 3. The van der Waals surface area contributed by atoms with Gasteiger partial charge in [-0.2, -0.15) is 5.26 Å². The van der Waals surface area contributed by atoms with Crippen LogP contribution < -0.4 is 4.57 Å². The van der Waals surface area contributed by atoms with Crippen LogP contribution in [0, 0.1) is 28.6 Å². The van der Waals surface area contributed by atoms with Gasteiger partial charge >= 0.3 is 17.9 Å². The summed E-state index contributed by atoms with van der Waals surface area (Å²) in [7, 11) is 0. The van der Waals surface area contributed by atoms with Crippen LogP contribution in [0.5, 0.6) is 0 Å². The summed E-state index contributed by atoms with van der Waals surface area (Å²) in [6, 6.07) is 9.95. The molecule has 4 atom stereocenters. The Bertz CT molecular complexity index is 1980. The van der Waals surface area contributed by atoms with E-state index in [-0.39, 0.29) is 56.2 Å². The number of aryl methyl sites for hydroxylation is 1. The minimum absolute atomic E-state index is 0.0565. The van der Waals surface area contributed by atoms with Crippen LogP contribution in [-0.4, -0.2) is 57.2 Å². The van der Waals surface area contributed by atoms with Crippen molar-refractivity contribution in [2.24, 2.45) is 17.3 Å². The van der Waals surface area contributed by atoms with Crippen LogP contribution in [0.3, 0.4) is 0 Å². The number of aromatic amines is 1. The van der Waals surface area contributed by atoms with E-state index in [4.69, 9.17) is 4.74 Å². The third-order valence-electron chi connectivity index (χ3n) is 12.4. The smallest absolute Gasteiger partial charge is 0.307 e. The van der Waals surface area contributed by atoms with E-state index in [9.17, 15) is 29.9 Å². The maximum Gasteiger partial charge on any atom is 0.307 e. The number of para-hydroxylation sites is 2. The number of allylic oxidation sites excluding steroid dienone is 9. The van der Waals surface area contributed by atoms with Crippen molar-refractivity contribution in [1.29, 1.82) is 5.26 Å². The minimum Gasteiger partial charge on any atom is -0.481 e. The number of likely N-dealkylation sites (tertiary alicyclic amines) is 1. The van der Waals surface area contributed by atoms with Crippen molar-refractivity contribution in [3.05, 3.63) is 95.5 Å². The summed E-state index contributed by atoms with van der Waals surface area (Å²) in [6.45, 7) is 5.20. The highest BCUT2D eigenvalue weighted by molar-refractivity contribution is 5.73. The zero-order valence-electron chi connectivity index (χ0n) is 35.2. The topological polar surface area (TPSA) is 148 Å². The van der Waals surface area contributed by atoms with Gasteiger partial charge in [0, 0.05) is 41.6 Å². The molecule has 0 radical (unpaired) electrons. The number of unbranched alkanes of at least 4 members (excludes halogenated alkanes) is 10. The predicted molar refractivity (Wildman–Crippen MR) is 232 cm³/mol. The van der Waals surface area contributed by atoms with E-state index in [0.29, 0.717) is 18.0 Å². The van der Waals surface area contributed by atoms with Crippen LogP contribution in [0.25, 0.3) is 17.1 Å². The molecule has 4 unspecified atom stereocenters. The number of fused-ring (bicyclic) bond motifs is 4. The summed E-state index contributed by atoms with van der Waals surface area (Å²) in [5.41, 5.74) is 3.51. The number of aromatic nitrogens is 2. The molecule has 1 aromatic carbocycles. The third kappa shape index (κ3) is 12.0. The maximum absolute atomic E-state index is 14.0. The van der Waals surface area contributed by atoms with Gasteiger partial charge in [-0.3, -0.25) is 14.4 Å². The standard InChI is InChI=1S/C49H64N4O6/c1-3-5-7-8-9-10-11-12-13-18-31-49(35-47(58)59-34-6-4-2)40-26-25-38-19-14-15-20-39(38)48(40)53(33-30-46(56)57)43(49)27-23-37(36-50)24-28-44-51-41-21-16-17-22-42(41)52(44)32-29-45(54)55/h14-17,19,21-28,39-40,48H,3-13,18,20,29-35H2,1-2H3,(H2,54,55,56,57)/p+1. The van der Waals surface area contributed by atoms with Gasteiger partial charge in [-0.15, -0.1) is 0 Å². The monoisotopic (exact) mass is 805 g/mol. The molecule has 1 fully saturated rings. The van der Waals surface area contributed by atoms with Gasteiger partial charge in [0.05, 0.1) is 37.5 Å². The first-order chi connectivity index (χ1) is 28.7. The fraction of sp³-hybridized carbons (Fsp3) is 0.531. The summed E-state index contributed by atoms with van der Waals surface area (Å²) in [5.74, 6) is -1.31. The number of hydrogen-bond acceptors (Lipinski definition) is 6. The summed E-state index contributed by atoms with van der Waals surface area (Å²) < 4.78 is 7.80. The molecule has 3 N–H and O–H groups in total. The molecule has 316 valence electrons. The Kier molecular flexibility index (Phi) is 17.4. The fourth-order valence-corrected chi connectivity index (χ4v) is 9.40. The lowest BCUT2D eigenvalue weighted by Crippen LogP contribution is -2.42. The Morgan fingerprint density at radius 2 is 1.69 bits per heavy atom. The molecule has 2 heterocycles. The molecule has 2 aromatic rings. The molecular formula is C49H65N4O6+. The molecule has 0 amide bonds. The lowest BCUT2D eigenvalue weighted by molar-refractivity contribution is -0.671. The molecule has 1 aliphatic heterocycles. The van der Waals surface area contributed by atoms with Crippen LogP contribution in [-0.2, 0) is 25.7 Å². The van der Waals surface area contributed by atoms with Crippen LogP contribution in [0.4, 0.5) is 0 Å². The number of H-pyrrole nitrogens is 1. The first-order valence-electron chi connectivity index (χ1n) is 22.1. The van der Waals surface area contributed by atoms with Crippen molar-refractivity contribution in [3.8, 4) is 6.07 Å². The molecule has 10 heteroatoms. The summed E-state index contributed by atoms with van der Waals surface area (Å²) >= 11 is 0. The SMILES string of the molecule is CCCCCCCCCCCCC1(CC(=O)OCCCC)C(=CC=C(C#N)C=Cc2[nH]c3ccccc3[n+]2CCC(=O)O)N(CCC(=O)O)C2C3CC=CC=C3C=CC21. The molecule has 1 aromatic heterocycles. The number of rotatable bonds is 25. The van der Waals surface area contributed by atoms with Crippen molar-refractivity contribution in [2.75, 3.05) is 13.2 Å². The Labute approximate surface area is 350 Å². The highest BCUT2D eigenvalue weighted by atomic mass is 16.5. The molecule has 0 spiro atoms. The van der Waals surface area contributed by atoms with Crippen LogP contribution >= 0.6 is 0 Å². The zero-order chi connectivity index (χ0) is 42.0. The quantitative estimate of drug-likeness (QED) is 0.0295. The van der Waals surface area contributed by atoms with E-state index in [1.165, 1.54) is 50.5 Å². The first kappa shape index (κ1) is 44.9. The van der Waals surface area contributed by atoms with Gasteiger partial charge in [0.2, 0.25) is 0 Å². The van der Waals surface area contributed by atoms with Gasteiger partial charge in [0.25, 0.3) is 5.82 Å². The second-order valence-corrected chi connectivity index (χ2v) is 16.4. The number of benzene rings is 1. The molecular weight excluding hydrogens is 741 g/mol. The van der Waals surface area contributed by atoms with Gasteiger partial charge in [-0.05, 0) is 55.2 Å². The van der Waals surface area contributed by atoms with Gasteiger partial charge in [0.1, 0.15) is 6.54 Å². The van der Waals surface area contributed by atoms with E-state index >= 15 is 0 Å². The highest BCUT2D eigenvalue weighted by Gasteiger charge is 2.58. The van der Waals surface area contributed by atoms with Gasteiger partial charge in [0.15, 0.2) is 11.0 Å². The zero-order valence-corrected chi connectivity index (χ0v) is 35.2. The number of carbonyl (C=O) groups excluding carboxylic acids is 1. The number of nitrogens with one attached hydrogen (secondary N) is 1. The Balaban J connectivity index is 1.54. The van der Waals surface area contributed by atoms with Gasteiger partial charge < -0.3 is 19.8 Å². The Morgan fingerprint density at radius 3 is 2.41 bits per heavy atom. The first-order valence-corrected chi connectivity index (χ1v) is 22.1. The molecule has 5 rings (SSSR count). The summed E-state index contributed by atoms with van der Waals surface area (Å²) in [6.07, 6.45) is 33.4. The van der Waals surface area contributed by atoms with Crippen LogP contribution in [0.1, 0.15) is 129 Å². The normalized spacial score (nSPS) is 21.8. The molecule has 2 aliphatic carbocycles. The van der Waals surface area contributed by atoms with E-state index in [1.807, 2.05) is 34.9 Å². The van der Waals surface area contributed by atoms with E-state index in [2.05, 4.69) is 60.2 Å². The molecule has 0 saturated carbocycles. The Hall–Kier alpha value is -5.17. The predicted octanol–water partition coefficient (Wildman–Crippen LogP) is 10.2.